The van der Waals surface area contributed by atoms with Gasteiger partial charge in [-0.3, -0.25) is 9.78 Å². The molecule has 0 bridgehead atoms. The van der Waals surface area contributed by atoms with E-state index in [1.807, 2.05) is 24.3 Å². The number of ether oxygens (including phenoxy) is 1. The van der Waals surface area contributed by atoms with E-state index in [0.717, 1.165) is 22.4 Å². The number of piperazine rings is 1. The number of furan rings is 1. The molecule has 0 aliphatic carbocycles. The zero-order valence-corrected chi connectivity index (χ0v) is 20.3. The number of pyridine rings is 1. The summed E-state index contributed by atoms with van der Waals surface area (Å²) in [7, 11) is 0. The normalized spacial score (nSPS) is 15.3. The van der Waals surface area contributed by atoms with Gasteiger partial charge in [-0.15, -0.1) is 0 Å². The van der Waals surface area contributed by atoms with Gasteiger partial charge in [0.15, 0.2) is 5.58 Å². The van der Waals surface area contributed by atoms with Crippen LogP contribution < -0.4 is 10.2 Å². The minimum absolute atomic E-state index is 0.140. The molecule has 0 radical (unpaired) electrons. The highest BCUT2D eigenvalue weighted by Crippen LogP contribution is 2.27. The van der Waals surface area contributed by atoms with Gasteiger partial charge in [-0.1, -0.05) is 23.7 Å². The molecule has 1 aromatic carbocycles. The van der Waals surface area contributed by atoms with Gasteiger partial charge in [0.05, 0.1) is 12.0 Å². The summed E-state index contributed by atoms with van der Waals surface area (Å²) in [5.74, 6) is -0.140. The van der Waals surface area contributed by atoms with Gasteiger partial charge >= 0.3 is 6.09 Å². The highest BCUT2D eigenvalue weighted by Gasteiger charge is 2.31. The Balaban J connectivity index is 1.45. The predicted molar refractivity (Wildman–Crippen MR) is 131 cm³/mol. The number of rotatable bonds is 5. The van der Waals surface area contributed by atoms with Gasteiger partial charge < -0.3 is 24.3 Å². The van der Waals surface area contributed by atoms with Crippen LogP contribution in [0.4, 0.5) is 10.5 Å². The molecule has 1 N–H and O–H groups in total. The summed E-state index contributed by atoms with van der Waals surface area (Å²) >= 11 is 6.00. The summed E-state index contributed by atoms with van der Waals surface area (Å²) in [5, 5.41) is 3.39. The summed E-state index contributed by atoms with van der Waals surface area (Å²) < 4.78 is 11.0. The number of carbonyl (C=O) groups excluding carboxylic acids is 2. The van der Waals surface area contributed by atoms with Crippen LogP contribution in [-0.2, 0) is 16.0 Å². The second kappa shape index (κ2) is 9.93. The summed E-state index contributed by atoms with van der Waals surface area (Å²) in [6.07, 6.45) is 3.12. The van der Waals surface area contributed by atoms with Gasteiger partial charge in [0.2, 0.25) is 5.91 Å². The molecular weight excluding hydrogens is 456 g/mol. The van der Waals surface area contributed by atoms with Crippen LogP contribution in [0.3, 0.4) is 0 Å². The van der Waals surface area contributed by atoms with E-state index in [0.29, 0.717) is 37.6 Å². The lowest BCUT2D eigenvalue weighted by Crippen LogP contribution is -2.56. The van der Waals surface area contributed by atoms with Crippen molar-refractivity contribution in [3.05, 3.63) is 59.4 Å². The molecule has 2 amide bonds. The van der Waals surface area contributed by atoms with Crippen molar-refractivity contribution in [1.29, 1.82) is 0 Å². The van der Waals surface area contributed by atoms with Gasteiger partial charge in [-0.25, -0.2) is 4.79 Å². The van der Waals surface area contributed by atoms with Crippen LogP contribution in [0, 0.1) is 0 Å². The molecule has 34 heavy (non-hydrogen) atoms. The third-order valence-electron chi connectivity index (χ3n) is 5.60. The van der Waals surface area contributed by atoms with E-state index in [1.165, 1.54) is 0 Å². The fraction of sp³-hybridized carbons (Fsp3) is 0.400. The van der Waals surface area contributed by atoms with Crippen molar-refractivity contribution in [3.8, 4) is 0 Å². The second-order valence-electron chi connectivity index (χ2n) is 9.31. The van der Waals surface area contributed by atoms with Gasteiger partial charge in [-0.05, 0) is 44.5 Å². The summed E-state index contributed by atoms with van der Waals surface area (Å²) in [4.78, 5) is 34.2. The number of aromatic nitrogens is 1. The number of halogens is 1. The van der Waals surface area contributed by atoms with Gasteiger partial charge in [0, 0.05) is 49.9 Å². The van der Waals surface area contributed by atoms with Gasteiger partial charge in [0.25, 0.3) is 0 Å². The molecular formula is C25H29ClN4O4. The van der Waals surface area contributed by atoms with Crippen LogP contribution in [0.15, 0.2) is 53.3 Å². The molecule has 0 saturated carbocycles. The van der Waals surface area contributed by atoms with E-state index in [-0.39, 0.29) is 5.91 Å². The Bertz CT molecular complexity index is 1150. The maximum absolute atomic E-state index is 13.5. The maximum atomic E-state index is 13.5. The van der Waals surface area contributed by atoms with Crippen molar-refractivity contribution < 1.29 is 18.7 Å². The van der Waals surface area contributed by atoms with Gasteiger partial charge in [0.1, 0.15) is 17.2 Å². The first kappa shape index (κ1) is 23.9. The Morgan fingerprint density at radius 2 is 1.82 bits per heavy atom. The molecule has 1 aliphatic rings. The number of nitrogens with one attached hydrogen (secondary N) is 1. The number of amides is 2. The average Bonchev–Trinajstić information content (AvgIpc) is 3.27. The molecule has 1 unspecified atom stereocenters. The Hall–Kier alpha value is -3.26. The van der Waals surface area contributed by atoms with Crippen molar-refractivity contribution in [2.45, 2.75) is 38.8 Å². The van der Waals surface area contributed by atoms with E-state index >= 15 is 0 Å². The standard InChI is InChI=1S/C25H29ClN4O4/c1-25(2,3)34-24(32)28-20(16-17-4-6-18(26)7-5-17)23(31)30-13-11-29(12-14-30)21-8-10-27-19-9-15-33-22(19)21/h4-10,15,20H,11-14,16H2,1-3H3,(H,28,32). The molecule has 1 atom stereocenters. The van der Waals surface area contributed by atoms with Crippen molar-refractivity contribution in [2.75, 3.05) is 31.1 Å². The van der Waals surface area contributed by atoms with Crippen LogP contribution in [0.25, 0.3) is 11.1 Å². The quantitative estimate of drug-likeness (QED) is 0.582. The molecule has 9 heteroatoms. The van der Waals surface area contributed by atoms with Crippen LogP contribution >= 0.6 is 11.6 Å². The number of hydrogen-bond acceptors (Lipinski definition) is 6. The Morgan fingerprint density at radius 3 is 2.50 bits per heavy atom. The number of anilines is 1. The van der Waals surface area contributed by atoms with Crippen molar-refractivity contribution in [3.63, 3.8) is 0 Å². The largest absolute Gasteiger partial charge is 0.460 e. The van der Waals surface area contributed by atoms with Crippen LogP contribution in [0.1, 0.15) is 26.3 Å². The molecule has 4 rings (SSSR count). The predicted octanol–water partition coefficient (Wildman–Crippen LogP) is 4.27. The van der Waals surface area contributed by atoms with E-state index in [4.69, 9.17) is 20.8 Å². The second-order valence-corrected chi connectivity index (χ2v) is 9.74. The number of hydrogen-bond donors (Lipinski definition) is 1. The van der Waals surface area contributed by atoms with Gasteiger partial charge in [-0.2, -0.15) is 0 Å². The smallest absolute Gasteiger partial charge is 0.408 e. The summed E-state index contributed by atoms with van der Waals surface area (Å²) in [6.45, 7) is 7.70. The fourth-order valence-corrected chi connectivity index (χ4v) is 4.13. The van der Waals surface area contributed by atoms with E-state index < -0.39 is 17.7 Å². The topological polar surface area (TPSA) is 87.9 Å². The highest BCUT2D eigenvalue weighted by atomic mass is 35.5. The van der Waals surface area contributed by atoms with Crippen molar-refractivity contribution in [1.82, 2.24) is 15.2 Å². The molecule has 0 spiro atoms. The molecule has 1 saturated heterocycles. The SMILES string of the molecule is CC(C)(C)OC(=O)NC(Cc1ccc(Cl)cc1)C(=O)N1CCN(c2ccnc3ccoc23)CC1. The maximum Gasteiger partial charge on any atom is 0.408 e. The van der Waals surface area contributed by atoms with Crippen molar-refractivity contribution >= 4 is 40.4 Å². The lowest BCUT2D eigenvalue weighted by atomic mass is 10.0. The Labute approximate surface area is 203 Å². The van der Waals surface area contributed by atoms with E-state index in [2.05, 4.69) is 15.2 Å². The fourth-order valence-electron chi connectivity index (χ4n) is 4.00. The molecule has 3 heterocycles. The monoisotopic (exact) mass is 484 g/mol. The van der Waals surface area contributed by atoms with Crippen LogP contribution in [-0.4, -0.2) is 59.7 Å². The van der Waals surface area contributed by atoms with Crippen molar-refractivity contribution in [2.24, 2.45) is 0 Å². The average molecular weight is 485 g/mol. The van der Waals surface area contributed by atoms with Crippen LogP contribution in [0.5, 0.6) is 0 Å². The molecule has 1 aliphatic heterocycles. The van der Waals surface area contributed by atoms with Crippen LogP contribution in [0.2, 0.25) is 5.02 Å². The third-order valence-corrected chi connectivity index (χ3v) is 5.85. The first-order valence-electron chi connectivity index (χ1n) is 11.3. The molecule has 1 fully saturated rings. The highest BCUT2D eigenvalue weighted by molar-refractivity contribution is 6.30. The molecule has 2 aromatic heterocycles. The minimum Gasteiger partial charge on any atom is -0.460 e. The third kappa shape index (κ3) is 5.80. The molecule has 8 nitrogen and oxygen atoms in total. The summed E-state index contributed by atoms with van der Waals surface area (Å²) in [6, 6.07) is 10.3. The number of nitrogens with zero attached hydrogens (tertiary/aromatic N) is 3. The van der Waals surface area contributed by atoms with E-state index in [9.17, 15) is 9.59 Å². The lowest BCUT2D eigenvalue weighted by Gasteiger charge is -2.37. The summed E-state index contributed by atoms with van der Waals surface area (Å²) in [5.41, 5.74) is 2.75. The first-order valence-corrected chi connectivity index (χ1v) is 11.7. The lowest BCUT2D eigenvalue weighted by molar-refractivity contribution is -0.133. The first-order chi connectivity index (χ1) is 16.2. The van der Waals surface area contributed by atoms with E-state index in [1.54, 1.807) is 50.3 Å². The number of carbonyl (C=O) groups is 2. The number of fused-ring (bicyclic) bond motifs is 1. The molecule has 180 valence electrons. The minimum atomic E-state index is -0.750. The zero-order valence-electron chi connectivity index (χ0n) is 19.6. The Kier molecular flexibility index (Phi) is 6.97. The number of alkyl carbamates (subject to hydrolysis) is 1. The Morgan fingerprint density at radius 1 is 1.12 bits per heavy atom. The zero-order chi connectivity index (χ0) is 24.3. The molecule has 3 aromatic rings. The number of benzene rings is 1.